The van der Waals surface area contributed by atoms with Crippen LogP contribution in [0.5, 0.6) is 0 Å². The molecule has 6 nitrogen and oxygen atoms in total. The van der Waals surface area contributed by atoms with Gasteiger partial charge in [0.2, 0.25) is 0 Å². The highest BCUT2D eigenvalue weighted by Crippen LogP contribution is 2.22. The zero-order chi connectivity index (χ0) is 20.2. The zero-order valence-electron chi connectivity index (χ0n) is 15.8. The molecule has 29 heavy (non-hydrogen) atoms. The highest BCUT2D eigenvalue weighted by atomic mass is 35.5. The zero-order valence-corrected chi connectivity index (χ0v) is 18.2. The second-order valence-electron chi connectivity index (χ2n) is 5.97. The van der Waals surface area contributed by atoms with Crippen LogP contribution in [-0.2, 0) is 32.3 Å². The molecule has 0 aliphatic rings. The predicted molar refractivity (Wildman–Crippen MR) is 121 cm³/mol. The van der Waals surface area contributed by atoms with Crippen molar-refractivity contribution in [2.45, 2.75) is 25.3 Å². The van der Waals surface area contributed by atoms with Crippen molar-refractivity contribution in [1.29, 1.82) is 0 Å². The molecule has 0 unspecified atom stereocenters. The Balaban J connectivity index is 0.00000420. The molecule has 0 saturated carbocycles. The molecule has 0 aromatic heterocycles. The molecule has 0 spiro atoms. The first-order valence-corrected chi connectivity index (χ1v) is 11.2. The van der Waals surface area contributed by atoms with Crippen LogP contribution in [0.1, 0.15) is 11.1 Å². The molecule has 0 amide bonds. The molecule has 2 rings (SSSR count). The average Bonchev–Trinajstić information content (AvgIpc) is 2.74. The fraction of sp³-hybridized carbons (Fsp3) is 0.300. The van der Waals surface area contributed by atoms with Crippen molar-refractivity contribution in [3.63, 3.8) is 0 Å². The van der Waals surface area contributed by atoms with Crippen LogP contribution in [0.2, 0.25) is 0 Å². The molecule has 9 heteroatoms. The molecule has 0 bridgehead atoms. The van der Waals surface area contributed by atoms with Gasteiger partial charge >= 0.3 is 11.9 Å². The van der Waals surface area contributed by atoms with E-state index in [2.05, 4.69) is 0 Å². The molecule has 4 N–H and O–H groups in total. The summed E-state index contributed by atoms with van der Waals surface area (Å²) >= 11 is 0. The highest BCUT2D eigenvalue weighted by molar-refractivity contribution is 8.76. The van der Waals surface area contributed by atoms with Crippen LogP contribution < -0.4 is 11.5 Å². The van der Waals surface area contributed by atoms with E-state index in [1.165, 1.54) is 21.6 Å². The smallest absolute Gasteiger partial charge is 0.324 e. The number of ether oxygens (including phenoxy) is 2. The molecule has 0 fully saturated rings. The number of hydrogen-bond donors (Lipinski definition) is 2. The Hall–Kier alpha value is -1.71. The van der Waals surface area contributed by atoms with E-state index >= 15 is 0 Å². The third-order valence-corrected chi connectivity index (χ3v) is 6.11. The Morgan fingerprint density at radius 2 is 1.07 bits per heavy atom. The topological polar surface area (TPSA) is 105 Å². The minimum absolute atomic E-state index is 0. The molecule has 158 valence electrons. The first-order valence-electron chi connectivity index (χ1n) is 8.73. The van der Waals surface area contributed by atoms with Crippen LogP contribution in [0.3, 0.4) is 0 Å². The quantitative estimate of drug-likeness (QED) is 0.302. The van der Waals surface area contributed by atoms with Crippen molar-refractivity contribution in [2.75, 3.05) is 11.5 Å². The summed E-state index contributed by atoms with van der Waals surface area (Å²) in [5, 5.41) is 0. The van der Waals surface area contributed by atoms with Gasteiger partial charge in [-0.25, -0.2) is 0 Å². The number of rotatable bonds is 11. The summed E-state index contributed by atoms with van der Waals surface area (Å²) in [7, 11) is 2.75. The molecule has 2 atom stereocenters. The summed E-state index contributed by atoms with van der Waals surface area (Å²) in [6.07, 6.45) is 0. The van der Waals surface area contributed by atoms with E-state index in [9.17, 15) is 9.59 Å². The third-order valence-electron chi connectivity index (χ3n) is 3.63. The fourth-order valence-corrected chi connectivity index (χ4v) is 4.27. The first-order chi connectivity index (χ1) is 13.6. The number of nitrogens with two attached hydrogens (primary N) is 2. The Labute approximate surface area is 184 Å². The lowest BCUT2D eigenvalue weighted by molar-refractivity contribution is -0.146. The van der Waals surface area contributed by atoms with Gasteiger partial charge in [-0.3, -0.25) is 9.59 Å². The number of carbonyl (C=O) groups is 2. The summed E-state index contributed by atoms with van der Waals surface area (Å²) in [6, 6.07) is 17.3. The Morgan fingerprint density at radius 3 is 1.41 bits per heavy atom. The first kappa shape index (κ1) is 25.3. The van der Waals surface area contributed by atoms with Crippen LogP contribution in [0, 0.1) is 0 Å². The molecule has 0 radical (unpaired) electrons. The van der Waals surface area contributed by atoms with Crippen LogP contribution in [0.15, 0.2) is 60.7 Å². The van der Waals surface area contributed by atoms with Gasteiger partial charge in [0.05, 0.1) is 0 Å². The molecule has 0 aliphatic heterocycles. The molecule has 0 saturated heterocycles. The van der Waals surface area contributed by atoms with E-state index in [-0.39, 0.29) is 25.6 Å². The maximum atomic E-state index is 11.9. The van der Waals surface area contributed by atoms with Gasteiger partial charge in [0.25, 0.3) is 0 Å². The Bertz CT molecular complexity index is 674. The van der Waals surface area contributed by atoms with Crippen molar-refractivity contribution < 1.29 is 19.1 Å². The predicted octanol–water partition coefficient (Wildman–Crippen LogP) is 2.93. The summed E-state index contributed by atoms with van der Waals surface area (Å²) in [5.74, 6) is -0.180. The van der Waals surface area contributed by atoms with Crippen LogP contribution in [0.25, 0.3) is 0 Å². The average molecular weight is 457 g/mol. The van der Waals surface area contributed by atoms with E-state index < -0.39 is 24.0 Å². The van der Waals surface area contributed by atoms with Gasteiger partial charge in [-0.05, 0) is 11.1 Å². The lowest BCUT2D eigenvalue weighted by Crippen LogP contribution is -2.35. The Kier molecular flexibility index (Phi) is 12.5. The largest absolute Gasteiger partial charge is 0.460 e. The van der Waals surface area contributed by atoms with E-state index in [0.29, 0.717) is 11.5 Å². The van der Waals surface area contributed by atoms with E-state index in [1.807, 2.05) is 60.7 Å². The summed E-state index contributed by atoms with van der Waals surface area (Å²) in [4.78, 5) is 23.8. The maximum absolute atomic E-state index is 11.9. The van der Waals surface area contributed by atoms with Gasteiger partial charge in [0.15, 0.2) is 0 Å². The highest BCUT2D eigenvalue weighted by Gasteiger charge is 2.18. The molecule has 2 aromatic carbocycles. The number of carbonyl (C=O) groups excluding carboxylic acids is 2. The molecule has 0 heterocycles. The standard InChI is InChI=1S/C20H24N2O4S2.ClH/c21-17(19(23)25-11-15-7-3-1-4-8-15)13-27-28-14-18(22)20(24)26-12-16-9-5-2-6-10-16;/h1-10,17-18H,11-14,21-22H2;1H/t17-,18-;/m0./s1. The van der Waals surface area contributed by atoms with Crippen molar-refractivity contribution in [3.8, 4) is 0 Å². The van der Waals surface area contributed by atoms with Crippen LogP contribution >= 0.6 is 34.0 Å². The number of halogens is 1. The summed E-state index contributed by atoms with van der Waals surface area (Å²) < 4.78 is 10.4. The lowest BCUT2D eigenvalue weighted by Gasteiger charge is -2.13. The molecule has 0 aliphatic carbocycles. The lowest BCUT2D eigenvalue weighted by atomic mass is 10.2. The molecular weight excluding hydrogens is 432 g/mol. The van der Waals surface area contributed by atoms with Crippen molar-refractivity contribution in [1.82, 2.24) is 0 Å². The Morgan fingerprint density at radius 1 is 0.724 bits per heavy atom. The molecular formula is C20H25ClN2O4S2. The van der Waals surface area contributed by atoms with E-state index in [1.54, 1.807) is 0 Å². The van der Waals surface area contributed by atoms with Gasteiger partial charge in [0, 0.05) is 11.5 Å². The third kappa shape index (κ3) is 10.0. The van der Waals surface area contributed by atoms with Gasteiger partial charge in [-0.2, -0.15) is 0 Å². The second-order valence-corrected chi connectivity index (χ2v) is 8.52. The number of benzene rings is 2. The van der Waals surface area contributed by atoms with Gasteiger partial charge in [0.1, 0.15) is 25.3 Å². The van der Waals surface area contributed by atoms with Gasteiger partial charge < -0.3 is 20.9 Å². The minimum Gasteiger partial charge on any atom is -0.460 e. The van der Waals surface area contributed by atoms with Crippen molar-refractivity contribution in [2.24, 2.45) is 11.5 Å². The van der Waals surface area contributed by atoms with Crippen LogP contribution in [-0.4, -0.2) is 35.5 Å². The van der Waals surface area contributed by atoms with Gasteiger partial charge in [-0.1, -0.05) is 82.3 Å². The minimum atomic E-state index is -0.734. The summed E-state index contributed by atoms with van der Waals surface area (Å²) in [5.41, 5.74) is 13.5. The van der Waals surface area contributed by atoms with Crippen molar-refractivity contribution in [3.05, 3.63) is 71.8 Å². The second kappa shape index (κ2) is 14.3. The van der Waals surface area contributed by atoms with Crippen LogP contribution in [0.4, 0.5) is 0 Å². The van der Waals surface area contributed by atoms with Crippen molar-refractivity contribution >= 4 is 45.9 Å². The van der Waals surface area contributed by atoms with E-state index in [0.717, 1.165) is 11.1 Å². The number of esters is 2. The maximum Gasteiger partial charge on any atom is 0.324 e. The number of hydrogen-bond acceptors (Lipinski definition) is 8. The van der Waals surface area contributed by atoms with E-state index in [4.69, 9.17) is 20.9 Å². The summed E-state index contributed by atoms with van der Waals surface area (Å²) in [6.45, 7) is 0.395. The fourth-order valence-electron chi connectivity index (χ4n) is 2.05. The molecule has 2 aromatic rings. The van der Waals surface area contributed by atoms with Gasteiger partial charge in [-0.15, -0.1) is 12.4 Å². The monoisotopic (exact) mass is 456 g/mol. The SMILES string of the molecule is Cl.N[C@@H](CSSC[C@H](N)C(=O)OCc1ccccc1)C(=O)OCc1ccccc1. The normalized spacial score (nSPS) is 12.3.